The Kier molecular flexibility index (Phi) is 2.97. The van der Waals surface area contributed by atoms with Crippen LogP contribution >= 0.6 is 0 Å². The molecule has 4 rings (SSSR count). The van der Waals surface area contributed by atoms with Crippen LogP contribution in [0.15, 0.2) is 72.9 Å². The van der Waals surface area contributed by atoms with Crippen LogP contribution < -0.4 is 0 Å². The molecule has 0 aliphatic heterocycles. The van der Waals surface area contributed by atoms with E-state index in [1.807, 2.05) is 41.0 Å². The number of nitrogens with zero attached hydrogens (tertiary/aromatic N) is 3. The molecule has 0 radical (unpaired) electrons. The van der Waals surface area contributed by atoms with E-state index in [-0.39, 0.29) is 0 Å². The van der Waals surface area contributed by atoms with Crippen LogP contribution in [0.25, 0.3) is 28.2 Å². The van der Waals surface area contributed by atoms with Crippen LogP contribution in [0, 0.1) is 6.92 Å². The van der Waals surface area contributed by atoms with Gasteiger partial charge in [0.05, 0.1) is 11.4 Å². The second-order valence-corrected chi connectivity index (χ2v) is 5.36. The number of rotatable bonds is 2. The van der Waals surface area contributed by atoms with E-state index < -0.39 is 0 Å². The van der Waals surface area contributed by atoms with Gasteiger partial charge in [-0.3, -0.25) is 0 Å². The van der Waals surface area contributed by atoms with Crippen molar-refractivity contribution in [3.63, 3.8) is 0 Å². The second-order valence-electron chi connectivity index (χ2n) is 5.36. The number of aromatic nitrogens is 3. The number of hydrogen-bond acceptors (Lipinski definition) is 2. The zero-order chi connectivity index (χ0) is 14.9. The number of benzene rings is 2. The summed E-state index contributed by atoms with van der Waals surface area (Å²) in [6.45, 7) is 2.09. The lowest BCUT2D eigenvalue weighted by Crippen LogP contribution is -1.95. The molecule has 0 unspecified atom stereocenters. The van der Waals surface area contributed by atoms with E-state index in [1.165, 1.54) is 5.56 Å². The molecule has 2 heterocycles. The predicted octanol–water partition coefficient (Wildman–Crippen LogP) is 4.37. The molecule has 0 bridgehead atoms. The maximum Gasteiger partial charge on any atom is 0.156 e. The minimum Gasteiger partial charge on any atom is -0.237 e. The van der Waals surface area contributed by atoms with Gasteiger partial charge in [0.25, 0.3) is 0 Å². The van der Waals surface area contributed by atoms with Crippen molar-refractivity contribution < 1.29 is 0 Å². The van der Waals surface area contributed by atoms with E-state index in [9.17, 15) is 0 Å². The molecule has 0 aliphatic rings. The maximum absolute atomic E-state index is 4.74. The number of hydrogen-bond donors (Lipinski definition) is 0. The first-order chi connectivity index (χ1) is 10.8. The summed E-state index contributed by atoms with van der Waals surface area (Å²) in [7, 11) is 0. The first kappa shape index (κ1) is 12.8. The third-order valence-electron chi connectivity index (χ3n) is 3.77. The van der Waals surface area contributed by atoms with Crippen LogP contribution in [-0.4, -0.2) is 14.6 Å². The molecule has 0 aliphatic carbocycles. The van der Waals surface area contributed by atoms with Gasteiger partial charge < -0.3 is 0 Å². The van der Waals surface area contributed by atoms with E-state index in [0.29, 0.717) is 0 Å². The van der Waals surface area contributed by atoms with E-state index in [0.717, 1.165) is 28.2 Å². The first-order valence-electron chi connectivity index (χ1n) is 7.28. The van der Waals surface area contributed by atoms with Crippen LogP contribution in [0.1, 0.15) is 5.56 Å². The highest BCUT2D eigenvalue weighted by atomic mass is 15.3. The molecule has 3 nitrogen and oxygen atoms in total. The Morgan fingerprint density at radius 1 is 0.818 bits per heavy atom. The number of aryl methyl sites for hydroxylation is 1. The monoisotopic (exact) mass is 285 g/mol. The van der Waals surface area contributed by atoms with Crippen molar-refractivity contribution in [2.45, 2.75) is 6.92 Å². The lowest BCUT2D eigenvalue weighted by molar-refractivity contribution is 0.952. The summed E-state index contributed by atoms with van der Waals surface area (Å²) in [6, 6.07) is 22.7. The SMILES string of the molecule is Cc1ccc(-c2ccnc3cc(-c4ccccc4)nn23)cc1. The molecule has 22 heavy (non-hydrogen) atoms. The van der Waals surface area contributed by atoms with Gasteiger partial charge in [0.2, 0.25) is 0 Å². The van der Waals surface area contributed by atoms with Crippen molar-refractivity contribution >= 4 is 5.65 Å². The smallest absolute Gasteiger partial charge is 0.156 e. The van der Waals surface area contributed by atoms with Crippen LogP contribution in [0.4, 0.5) is 0 Å². The average molecular weight is 285 g/mol. The molecule has 0 fully saturated rings. The molecule has 0 amide bonds. The van der Waals surface area contributed by atoms with Gasteiger partial charge in [-0.1, -0.05) is 60.2 Å². The molecule has 4 aromatic rings. The van der Waals surface area contributed by atoms with Crippen molar-refractivity contribution in [1.29, 1.82) is 0 Å². The molecule has 106 valence electrons. The molecule has 2 aromatic carbocycles. The predicted molar refractivity (Wildman–Crippen MR) is 88.6 cm³/mol. The lowest BCUT2D eigenvalue weighted by atomic mass is 10.1. The van der Waals surface area contributed by atoms with Crippen LogP contribution in [0.2, 0.25) is 0 Å². The van der Waals surface area contributed by atoms with Crippen molar-refractivity contribution in [1.82, 2.24) is 14.6 Å². The van der Waals surface area contributed by atoms with Gasteiger partial charge in [0.15, 0.2) is 5.65 Å². The Balaban J connectivity index is 1.90. The van der Waals surface area contributed by atoms with E-state index in [4.69, 9.17) is 5.10 Å². The number of fused-ring (bicyclic) bond motifs is 1. The fourth-order valence-electron chi connectivity index (χ4n) is 2.59. The Bertz CT molecular complexity index is 922. The fourth-order valence-corrected chi connectivity index (χ4v) is 2.59. The maximum atomic E-state index is 4.74. The molecule has 0 N–H and O–H groups in total. The molecule has 0 atom stereocenters. The Morgan fingerprint density at radius 3 is 2.36 bits per heavy atom. The Morgan fingerprint density at radius 2 is 1.59 bits per heavy atom. The second kappa shape index (κ2) is 5.11. The van der Waals surface area contributed by atoms with Gasteiger partial charge >= 0.3 is 0 Å². The summed E-state index contributed by atoms with van der Waals surface area (Å²) < 4.78 is 1.91. The molecular weight excluding hydrogens is 270 g/mol. The van der Waals surface area contributed by atoms with Crippen molar-refractivity contribution in [3.8, 4) is 22.5 Å². The summed E-state index contributed by atoms with van der Waals surface area (Å²) in [6.07, 6.45) is 1.83. The van der Waals surface area contributed by atoms with Crippen molar-refractivity contribution in [3.05, 3.63) is 78.5 Å². The van der Waals surface area contributed by atoms with Crippen LogP contribution in [-0.2, 0) is 0 Å². The molecule has 0 saturated carbocycles. The average Bonchev–Trinajstić information content (AvgIpc) is 3.01. The third kappa shape index (κ3) is 2.17. The molecule has 0 spiro atoms. The molecule has 3 heteroatoms. The van der Waals surface area contributed by atoms with E-state index >= 15 is 0 Å². The van der Waals surface area contributed by atoms with Gasteiger partial charge in [-0.25, -0.2) is 9.50 Å². The highest BCUT2D eigenvalue weighted by Gasteiger charge is 2.09. The van der Waals surface area contributed by atoms with Gasteiger partial charge in [-0.2, -0.15) is 5.10 Å². The Hall–Kier alpha value is -2.94. The summed E-state index contributed by atoms with van der Waals surface area (Å²) in [5.41, 5.74) is 6.33. The minimum atomic E-state index is 0.858. The largest absolute Gasteiger partial charge is 0.237 e. The summed E-state index contributed by atoms with van der Waals surface area (Å²) in [5.74, 6) is 0. The van der Waals surface area contributed by atoms with Gasteiger partial charge in [0, 0.05) is 23.4 Å². The lowest BCUT2D eigenvalue weighted by Gasteiger charge is -2.04. The Labute approximate surface area is 128 Å². The quantitative estimate of drug-likeness (QED) is 0.547. The summed E-state index contributed by atoms with van der Waals surface area (Å²) >= 11 is 0. The summed E-state index contributed by atoms with van der Waals surface area (Å²) in [4.78, 5) is 4.43. The highest BCUT2D eigenvalue weighted by Crippen LogP contribution is 2.24. The first-order valence-corrected chi connectivity index (χ1v) is 7.28. The fraction of sp³-hybridized carbons (Fsp3) is 0.0526. The zero-order valence-corrected chi connectivity index (χ0v) is 12.3. The normalized spacial score (nSPS) is 11.0. The summed E-state index contributed by atoms with van der Waals surface area (Å²) in [5, 5.41) is 4.74. The van der Waals surface area contributed by atoms with Gasteiger partial charge in [-0.05, 0) is 13.0 Å². The van der Waals surface area contributed by atoms with Crippen LogP contribution in [0.3, 0.4) is 0 Å². The molecular formula is C19H15N3. The zero-order valence-electron chi connectivity index (χ0n) is 12.3. The van der Waals surface area contributed by atoms with Crippen molar-refractivity contribution in [2.24, 2.45) is 0 Å². The highest BCUT2D eigenvalue weighted by molar-refractivity contribution is 5.68. The third-order valence-corrected chi connectivity index (χ3v) is 3.77. The van der Waals surface area contributed by atoms with E-state index in [1.54, 1.807) is 0 Å². The van der Waals surface area contributed by atoms with E-state index in [2.05, 4.69) is 48.3 Å². The van der Waals surface area contributed by atoms with Gasteiger partial charge in [-0.15, -0.1) is 0 Å². The molecule has 2 aromatic heterocycles. The van der Waals surface area contributed by atoms with Crippen molar-refractivity contribution in [2.75, 3.05) is 0 Å². The molecule has 0 saturated heterocycles. The van der Waals surface area contributed by atoms with Gasteiger partial charge in [0.1, 0.15) is 0 Å². The van der Waals surface area contributed by atoms with Crippen LogP contribution in [0.5, 0.6) is 0 Å². The minimum absolute atomic E-state index is 0.858. The standard InChI is InChI=1S/C19H15N3/c1-14-7-9-16(10-8-14)18-11-12-20-19-13-17(21-22(18)19)15-5-3-2-4-6-15/h2-13H,1H3. The topological polar surface area (TPSA) is 30.2 Å².